The van der Waals surface area contributed by atoms with Gasteiger partial charge in [-0.15, -0.1) is 11.3 Å². The van der Waals surface area contributed by atoms with E-state index in [4.69, 9.17) is 9.57 Å². The Morgan fingerprint density at radius 3 is 2.75 bits per heavy atom. The highest BCUT2D eigenvalue weighted by Crippen LogP contribution is 2.34. The maximum atomic E-state index is 14.4. The Labute approximate surface area is 142 Å². The van der Waals surface area contributed by atoms with Crippen molar-refractivity contribution in [2.75, 3.05) is 19.8 Å². The van der Waals surface area contributed by atoms with Gasteiger partial charge in [0, 0.05) is 18.0 Å². The SMILES string of the molecule is Fc1cccc(F)c1C(=C1NOCCO1)N1CCc2sccc2C1. The van der Waals surface area contributed by atoms with Crippen molar-refractivity contribution in [1.82, 2.24) is 10.4 Å². The second-order valence-corrected chi connectivity index (χ2v) is 6.61. The van der Waals surface area contributed by atoms with Gasteiger partial charge in [0.05, 0.1) is 5.56 Å². The van der Waals surface area contributed by atoms with Crippen molar-refractivity contribution in [2.24, 2.45) is 0 Å². The molecule has 3 heterocycles. The number of nitrogens with zero attached hydrogens (tertiary/aromatic N) is 1. The van der Waals surface area contributed by atoms with E-state index < -0.39 is 11.6 Å². The molecule has 2 aromatic rings. The second-order valence-electron chi connectivity index (χ2n) is 5.61. The lowest BCUT2D eigenvalue weighted by atomic mass is 10.0. The Bertz CT molecular complexity index is 762. The summed E-state index contributed by atoms with van der Waals surface area (Å²) < 4.78 is 34.4. The molecule has 0 aliphatic carbocycles. The Hall–Kier alpha value is -2.12. The van der Waals surface area contributed by atoms with E-state index in [2.05, 4.69) is 11.5 Å². The van der Waals surface area contributed by atoms with Crippen LogP contribution in [-0.4, -0.2) is 24.7 Å². The van der Waals surface area contributed by atoms with Crippen molar-refractivity contribution in [1.29, 1.82) is 0 Å². The monoisotopic (exact) mass is 350 g/mol. The molecule has 1 aromatic heterocycles. The third-order valence-corrected chi connectivity index (χ3v) is 5.16. The van der Waals surface area contributed by atoms with Gasteiger partial charge in [-0.3, -0.25) is 4.84 Å². The Morgan fingerprint density at radius 1 is 1.17 bits per heavy atom. The van der Waals surface area contributed by atoms with Gasteiger partial charge in [-0.1, -0.05) is 6.07 Å². The van der Waals surface area contributed by atoms with Crippen LogP contribution in [0.15, 0.2) is 35.5 Å². The van der Waals surface area contributed by atoms with Gasteiger partial charge in [0.15, 0.2) is 0 Å². The minimum Gasteiger partial charge on any atom is -0.474 e. The van der Waals surface area contributed by atoms with E-state index in [1.807, 2.05) is 10.3 Å². The quantitative estimate of drug-likeness (QED) is 0.901. The molecule has 0 radical (unpaired) electrons. The first kappa shape index (κ1) is 15.4. The molecule has 7 heteroatoms. The van der Waals surface area contributed by atoms with Gasteiger partial charge >= 0.3 is 0 Å². The molecule has 2 aliphatic heterocycles. The average Bonchev–Trinajstić information content (AvgIpc) is 3.07. The number of thiophene rings is 1. The molecular weight excluding hydrogens is 334 g/mol. The smallest absolute Gasteiger partial charge is 0.236 e. The van der Waals surface area contributed by atoms with Gasteiger partial charge in [0.25, 0.3) is 0 Å². The van der Waals surface area contributed by atoms with E-state index in [1.54, 1.807) is 11.3 Å². The molecule has 0 saturated carbocycles. The molecule has 1 N–H and O–H groups in total. The predicted octanol–water partition coefficient (Wildman–Crippen LogP) is 3.26. The molecule has 2 aliphatic rings. The second kappa shape index (κ2) is 6.41. The molecule has 1 saturated heterocycles. The Kier molecular flexibility index (Phi) is 4.12. The van der Waals surface area contributed by atoms with E-state index >= 15 is 0 Å². The largest absolute Gasteiger partial charge is 0.474 e. The lowest BCUT2D eigenvalue weighted by molar-refractivity contribution is -0.0577. The summed E-state index contributed by atoms with van der Waals surface area (Å²) in [7, 11) is 0. The first-order valence-electron chi connectivity index (χ1n) is 7.73. The minimum atomic E-state index is -0.621. The molecule has 24 heavy (non-hydrogen) atoms. The number of hydrogen-bond acceptors (Lipinski definition) is 5. The fraction of sp³-hybridized carbons (Fsp3) is 0.294. The topological polar surface area (TPSA) is 33.7 Å². The van der Waals surface area contributed by atoms with Gasteiger partial charge in [-0.2, -0.15) is 0 Å². The molecule has 126 valence electrons. The zero-order valence-corrected chi connectivity index (χ0v) is 13.7. The number of nitrogens with one attached hydrogen (secondary N) is 1. The van der Waals surface area contributed by atoms with Crippen LogP contribution in [0.2, 0.25) is 0 Å². The highest BCUT2D eigenvalue weighted by molar-refractivity contribution is 7.10. The van der Waals surface area contributed by atoms with Crippen LogP contribution in [0.3, 0.4) is 0 Å². The summed E-state index contributed by atoms with van der Waals surface area (Å²) in [5.74, 6) is -0.988. The van der Waals surface area contributed by atoms with Crippen LogP contribution < -0.4 is 5.48 Å². The summed E-state index contributed by atoms with van der Waals surface area (Å²) in [6, 6.07) is 5.92. The number of ether oxygens (including phenoxy) is 1. The lowest BCUT2D eigenvalue weighted by Gasteiger charge is -2.33. The number of fused-ring (bicyclic) bond motifs is 1. The summed E-state index contributed by atoms with van der Waals surface area (Å²) in [6.45, 7) is 1.95. The molecule has 1 fully saturated rings. The maximum absolute atomic E-state index is 14.4. The normalized spacial score (nSPS) is 19.3. The van der Waals surface area contributed by atoms with Crippen LogP contribution in [0.1, 0.15) is 16.0 Å². The highest BCUT2D eigenvalue weighted by atomic mass is 32.1. The fourth-order valence-corrected chi connectivity index (χ4v) is 3.92. The van der Waals surface area contributed by atoms with Gasteiger partial charge in [-0.05, 0) is 35.6 Å². The van der Waals surface area contributed by atoms with Crippen molar-refractivity contribution in [3.05, 3.63) is 63.2 Å². The lowest BCUT2D eigenvalue weighted by Crippen LogP contribution is -2.35. The van der Waals surface area contributed by atoms with Crippen LogP contribution in [0.25, 0.3) is 5.70 Å². The molecule has 0 unspecified atom stereocenters. The van der Waals surface area contributed by atoms with E-state index in [0.717, 1.165) is 6.42 Å². The molecule has 0 atom stereocenters. The standard InChI is InChI=1S/C17H16F2N2O2S/c18-12-2-1-3-13(19)15(12)16(17-20-23-8-7-22-17)21-6-4-14-11(10-21)5-9-24-14/h1-3,5,9,20H,4,6-8,10H2. The molecule has 0 amide bonds. The van der Waals surface area contributed by atoms with Crippen molar-refractivity contribution >= 4 is 17.0 Å². The van der Waals surface area contributed by atoms with E-state index in [1.165, 1.54) is 28.6 Å². The van der Waals surface area contributed by atoms with Gasteiger partial charge in [0.2, 0.25) is 5.88 Å². The average molecular weight is 350 g/mol. The summed E-state index contributed by atoms with van der Waals surface area (Å²) in [5, 5.41) is 2.04. The summed E-state index contributed by atoms with van der Waals surface area (Å²) >= 11 is 1.71. The van der Waals surface area contributed by atoms with Crippen LogP contribution in [0.5, 0.6) is 0 Å². The molecule has 4 rings (SSSR count). The Morgan fingerprint density at radius 2 is 2.00 bits per heavy atom. The van der Waals surface area contributed by atoms with Crippen molar-refractivity contribution in [3.63, 3.8) is 0 Å². The van der Waals surface area contributed by atoms with E-state index in [9.17, 15) is 8.78 Å². The molecule has 4 nitrogen and oxygen atoms in total. The fourth-order valence-electron chi connectivity index (χ4n) is 3.03. The number of rotatable bonds is 2. The number of benzene rings is 1. The molecule has 0 bridgehead atoms. The minimum absolute atomic E-state index is 0.0934. The Balaban J connectivity index is 1.80. The molecular formula is C17H16F2N2O2S. The molecule has 1 aromatic carbocycles. The van der Waals surface area contributed by atoms with Crippen LogP contribution >= 0.6 is 11.3 Å². The van der Waals surface area contributed by atoms with Crippen LogP contribution in [0.4, 0.5) is 8.78 Å². The third-order valence-electron chi connectivity index (χ3n) is 4.14. The first-order valence-corrected chi connectivity index (χ1v) is 8.61. The van der Waals surface area contributed by atoms with Crippen LogP contribution in [-0.2, 0) is 22.5 Å². The first-order chi connectivity index (χ1) is 11.7. The van der Waals surface area contributed by atoms with Gasteiger partial charge in [-0.25, -0.2) is 14.3 Å². The highest BCUT2D eigenvalue weighted by Gasteiger charge is 2.29. The summed E-state index contributed by atoms with van der Waals surface area (Å²) in [6.07, 6.45) is 0.834. The zero-order valence-electron chi connectivity index (χ0n) is 12.9. The van der Waals surface area contributed by atoms with Gasteiger partial charge < -0.3 is 9.64 Å². The predicted molar refractivity (Wildman–Crippen MR) is 86.8 cm³/mol. The van der Waals surface area contributed by atoms with E-state index in [-0.39, 0.29) is 11.4 Å². The van der Waals surface area contributed by atoms with Crippen molar-refractivity contribution in [3.8, 4) is 0 Å². The number of hydroxylamine groups is 1. The van der Waals surface area contributed by atoms with Crippen molar-refractivity contribution in [2.45, 2.75) is 13.0 Å². The molecule has 0 spiro atoms. The van der Waals surface area contributed by atoms with E-state index in [0.29, 0.717) is 32.0 Å². The van der Waals surface area contributed by atoms with Gasteiger partial charge in [0.1, 0.15) is 30.5 Å². The summed E-state index contributed by atoms with van der Waals surface area (Å²) in [5.41, 5.74) is 4.12. The third kappa shape index (κ3) is 2.74. The number of hydrogen-bond donors (Lipinski definition) is 1. The number of halogens is 2. The maximum Gasteiger partial charge on any atom is 0.236 e. The zero-order chi connectivity index (χ0) is 16.5. The van der Waals surface area contributed by atoms with Crippen molar-refractivity contribution < 1.29 is 18.4 Å². The summed E-state index contributed by atoms with van der Waals surface area (Å²) in [4.78, 5) is 8.46. The van der Waals surface area contributed by atoms with Crippen LogP contribution in [0, 0.1) is 11.6 Å².